The van der Waals surface area contributed by atoms with Crippen molar-refractivity contribution in [2.75, 3.05) is 27.4 Å². The third-order valence-corrected chi connectivity index (χ3v) is 3.45. The first-order valence-electron chi connectivity index (χ1n) is 8.00. The fraction of sp³-hybridized carbons (Fsp3) is 0.316. The molecule has 0 spiro atoms. The van der Waals surface area contributed by atoms with Gasteiger partial charge in [0.25, 0.3) is 5.91 Å². The van der Waals surface area contributed by atoms with E-state index in [-0.39, 0.29) is 12.5 Å². The van der Waals surface area contributed by atoms with E-state index in [1.54, 1.807) is 32.4 Å². The normalized spacial score (nSPS) is 10.0. The molecule has 2 rings (SSSR count). The van der Waals surface area contributed by atoms with E-state index >= 15 is 0 Å². The maximum Gasteiger partial charge on any atom is 0.258 e. The van der Waals surface area contributed by atoms with Crippen molar-refractivity contribution < 1.29 is 23.7 Å². The molecule has 0 aromatic heterocycles. The number of carbonyl (C=O) groups excluding carboxylic acids is 1. The smallest absolute Gasteiger partial charge is 0.258 e. The van der Waals surface area contributed by atoms with Gasteiger partial charge in [0.1, 0.15) is 0 Å². The number of nitrogens with one attached hydrogen (secondary N) is 1. The van der Waals surface area contributed by atoms with Crippen LogP contribution in [0.2, 0.25) is 0 Å². The van der Waals surface area contributed by atoms with Crippen molar-refractivity contribution >= 4 is 5.91 Å². The summed E-state index contributed by atoms with van der Waals surface area (Å²) >= 11 is 0. The van der Waals surface area contributed by atoms with E-state index in [1.165, 1.54) is 0 Å². The monoisotopic (exact) mass is 345 g/mol. The van der Waals surface area contributed by atoms with Gasteiger partial charge in [0.2, 0.25) is 0 Å². The lowest BCUT2D eigenvalue weighted by Crippen LogP contribution is -2.28. The number of hydrogen-bond donors (Lipinski definition) is 1. The molecule has 0 saturated heterocycles. The van der Waals surface area contributed by atoms with Gasteiger partial charge in [0.15, 0.2) is 29.6 Å². The summed E-state index contributed by atoms with van der Waals surface area (Å²) in [6.07, 6.45) is 0. The third-order valence-electron chi connectivity index (χ3n) is 3.45. The third kappa shape index (κ3) is 5.31. The summed E-state index contributed by atoms with van der Waals surface area (Å²) in [6, 6.07) is 12.8. The Labute approximate surface area is 147 Å². The molecular formula is C19H23NO5. The van der Waals surface area contributed by atoms with Crippen molar-refractivity contribution in [1.29, 1.82) is 0 Å². The molecule has 25 heavy (non-hydrogen) atoms. The Balaban J connectivity index is 1.87. The predicted molar refractivity (Wildman–Crippen MR) is 94.5 cm³/mol. The number of ether oxygens (including phenoxy) is 4. The molecule has 0 saturated carbocycles. The predicted octanol–water partition coefficient (Wildman–Crippen LogP) is 2.80. The van der Waals surface area contributed by atoms with E-state index in [0.29, 0.717) is 36.1 Å². The van der Waals surface area contributed by atoms with Gasteiger partial charge in [-0.25, -0.2) is 0 Å². The highest BCUT2D eigenvalue weighted by atomic mass is 16.5. The average molecular weight is 345 g/mol. The quantitative estimate of drug-likeness (QED) is 0.757. The Hall–Kier alpha value is -2.89. The molecule has 134 valence electrons. The number of amides is 1. The first-order valence-corrected chi connectivity index (χ1v) is 8.00. The van der Waals surface area contributed by atoms with Gasteiger partial charge in [0, 0.05) is 6.54 Å². The first-order chi connectivity index (χ1) is 12.2. The topological polar surface area (TPSA) is 66.0 Å². The zero-order valence-corrected chi connectivity index (χ0v) is 14.7. The zero-order valence-electron chi connectivity index (χ0n) is 14.7. The molecule has 0 aliphatic carbocycles. The molecule has 6 heteroatoms. The van der Waals surface area contributed by atoms with Crippen molar-refractivity contribution in [3.8, 4) is 23.0 Å². The molecule has 6 nitrogen and oxygen atoms in total. The van der Waals surface area contributed by atoms with Crippen LogP contribution in [0, 0.1) is 0 Å². The van der Waals surface area contributed by atoms with Crippen LogP contribution in [0.25, 0.3) is 0 Å². The number of carbonyl (C=O) groups is 1. The lowest BCUT2D eigenvalue weighted by atomic mass is 10.2. The molecule has 0 heterocycles. The number of rotatable bonds is 9. The number of hydrogen-bond acceptors (Lipinski definition) is 5. The van der Waals surface area contributed by atoms with E-state index in [4.69, 9.17) is 18.9 Å². The summed E-state index contributed by atoms with van der Waals surface area (Å²) in [5.74, 6) is 2.22. The van der Waals surface area contributed by atoms with E-state index < -0.39 is 0 Å². The van der Waals surface area contributed by atoms with E-state index in [2.05, 4.69) is 5.32 Å². The number of methoxy groups -OCH3 is 2. The molecule has 0 atom stereocenters. The molecule has 2 aromatic carbocycles. The summed E-state index contributed by atoms with van der Waals surface area (Å²) in [7, 11) is 3.15. The van der Waals surface area contributed by atoms with Crippen LogP contribution < -0.4 is 24.3 Å². The second-order valence-corrected chi connectivity index (χ2v) is 5.13. The van der Waals surface area contributed by atoms with Crippen molar-refractivity contribution in [3.63, 3.8) is 0 Å². The summed E-state index contributed by atoms with van der Waals surface area (Å²) in [4.78, 5) is 12.0. The Morgan fingerprint density at radius 1 is 0.920 bits per heavy atom. The van der Waals surface area contributed by atoms with E-state index in [0.717, 1.165) is 5.56 Å². The molecule has 0 aliphatic rings. The number of para-hydroxylation sites is 2. The number of benzene rings is 2. The zero-order chi connectivity index (χ0) is 18.1. The van der Waals surface area contributed by atoms with E-state index in [9.17, 15) is 4.79 Å². The van der Waals surface area contributed by atoms with Gasteiger partial charge in [-0.05, 0) is 36.8 Å². The molecule has 0 radical (unpaired) electrons. The van der Waals surface area contributed by atoms with Crippen LogP contribution in [-0.2, 0) is 11.3 Å². The van der Waals surface area contributed by atoms with Gasteiger partial charge < -0.3 is 24.3 Å². The van der Waals surface area contributed by atoms with Gasteiger partial charge in [-0.3, -0.25) is 4.79 Å². The lowest BCUT2D eigenvalue weighted by Gasteiger charge is -2.12. The summed E-state index contributed by atoms with van der Waals surface area (Å²) in [6.45, 7) is 2.71. The van der Waals surface area contributed by atoms with Gasteiger partial charge >= 0.3 is 0 Å². The molecule has 0 bridgehead atoms. The van der Waals surface area contributed by atoms with Gasteiger partial charge in [-0.1, -0.05) is 18.2 Å². The highest BCUT2D eigenvalue weighted by Gasteiger charge is 2.09. The lowest BCUT2D eigenvalue weighted by molar-refractivity contribution is -0.123. The molecule has 1 amide bonds. The second kappa shape index (κ2) is 9.42. The van der Waals surface area contributed by atoms with Crippen LogP contribution in [0.4, 0.5) is 0 Å². The van der Waals surface area contributed by atoms with Crippen LogP contribution >= 0.6 is 0 Å². The first kappa shape index (κ1) is 18.4. The molecule has 0 unspecified atom stereocenters. The van der Waals surface area contributed by atoms with Gasteiger partial charge in [-0.15, -0.1) is 0 Å². The minimum atomic E-state index is -0.221. The van der Waals surface area contributed by atoms with Crippen molar-refractivity contribution in [2.45, 2.75) is 13.5 Å². The standard InChI is InChI=1S/C19H23NO5/c1-4-24-16-7-5-6-8-17(16)25-13-19(21)20-12-14-9-10-15(22-2)18(11-14)23-3/h5-11H,4,12-13H2,1-3H3,(H,20,21). The highest BCUT2D eigenvalue weighted by molar-refractivity contribution is 5.77. The molecule has 0 aliphatic heterocycles. The Kier molecular flexibility index (Phi) is 6.95. The SMILES string of the molecule is CCOc1ccccc1OCC(=O)NCc1ccc(OC)c(OC)c1. The minimum Gasteiger partial charge on any atom is -0.493 e. The average Bonchev–Trinajstić information content (AvgIpc) is 2.65. The fourth-order valence-corrected chi connectivity index (χ4v) is 2.23. The maximum atomic E-state index is 12.0. The maximum absolute atomic E-state index is 12.0. The van der Waals surface area contributed by atoms with Crippen LogP contribution in [0.5, 0.6) is 23.0 Å². The van der Waals surface area contributed by atoms with Crippen LogP contribution in [-0.4, -0.2) is 33.3 Å². The molecule has 0 fully saturated rings. The van der Waals surface area contributed by atoms with E-state index in [1.807, 2.05) is 31.2 Å². The van der Waals surface area contributed by atoms with Crippen molar-refractivity contribution in [2.24, 2.45) is 0 Å². The largest absolute Gasteiger partial charge is 0.493 e. The summed E-state index contributed by atoms with van der Waals surface area (Å²) < 4.78 is 21.4. The highest BCUT2D eigenvalue weighted by Crippen LogP contribution is 2.28. The second-order valence-electron chi connectivity index (χ2n) is 5.13. The van der Waals surface area contributed by atoms with Gasteiger partial charge in [0.05, 0.1) is 20.8 Å². The Morgan fingerprint density at radius 3 is 2.24 bits per heavy atom. The van der Waals surface area contributed by atoms with Gasteiger partial charge in [-0.2, -0.15) is 0 Å². The molecular weight excluding hydrogens is 322 g/mol. The molecule has 2 aromatic rings. The summed E-state index contributed by atoms with van der Waals surface area (Å²) in [5, 5.41) is 2.81. The van der Waals surface area contributed by atoms with Crippen LogP contribution in [0.1, 0.15) is 12.5 Å². The Bertz CT molecular complexity index is 702. The van der Waals surface area contributed by atoms with Crippen LogP contribution in [0.3, 0.4) is 0 Å². The van der Waals surface area contributed by atoms with Crippen molar-refractivity contribution in [3.05, 3.63) is 48.0 Å². The Morgan fingerprint density at radius 2 is 1.60 bits per heavy atom. The van der Waals surface area contributed by atoms with Crippen molar-refractivity contribution in [1.82, 2.24) is 5.32 Å². The minimum absolute atomic E-state index is 0.0859. The molecule has 1 N–H and O–H groups in total. The summed E-state index contributed by atoms with van der Waals surface area (Å²) in [5.41, 5.74) is 0.903. The van der Waals surface area contributed by atoms with Crippen LogP contribution in [0.15, 0.2) is 42.5 Å². The fourth-order valence-electron chi connectivity index (χ4n) is 2.23.